The summed E-state index contributed by atoms with van der Waals surface area (Å²) in [5.74, 6) is -1.20. The standard InChI is InChI=1S/C14H13NO3S/c16-13(17)8-12(10-4-2-1-3-5-10)15-14(18)11-6-7-19-9-11/h1-7,9,12H,8H2,(H,15,18)(H,16,17)/t12-/m0/s1. The number of benzene rings is 1. The quantitative estimate of drug-likeness (QED) is 0.881. The highest BCUT2D eigenvalue weighted by Crippen LogP contribution is 2.17. The summed E-state index contributed by atoms with van der Waals surface area (Å²) >= 11 is 1.43. The van der Waals surface area contributed by atoms with Crippen LogP contribution in [-0.2, 0) is 4.79 Å². The zero-order valence-electron chi connectivity index (χ0n) is 10.1. The maximum atomic E-state index is 12.0. The smallest absolute Gasteiger partial charge is 0.305 e. The summed E-state index contributed by atoms with van der Waals surface area (Å²) in [6.07, 6.45) is -0.139. The predicted octanol–water partition coefficient (Wildman–Crippen LogP) is 2.69. The van der Waals surface area contributed by atoms with E-state index in [4.69, 9.17) is 5.11 Å². The molecule has 0 spiro atoms. The Balaban J connectivity index is 2.15. The number of carboxylic acids is 1. The molecule has 1 heterocycles. The summed E-state index contributed by atoms with van der Waals surface area (Å²) in [7, 11) is 0. The molecule has 2 aromatic rings. The van der Waals surface area contributed by atoms with Crippen LogP contribution in [0.4, 0.5) is 0 Å². The van der Waals surface area contributed by atoms with Crippen molar-refractivity contribution < 1.29 is 14.7 Å². The van der Waals surface area contributed by atoms with Gasteiger partial charge >= 0.3 is 5.97 Å². The first-order valence-corrected chi connectivity index (χ1v) is 6.71. The SMILES string of the molecule is O=C(O)C[C@H](NC(=O)c1ccsc1)c1ccccc1. The zero-order valence-corrected chi connectivity index (χ0v) is 10.9. The Labute approximate surface area is 114 Å². The van der Waals surface area contributed by atoms with Crippen LogP contribution in [0.2, 0.25) is 0 Å². The normalized spacial score (nSPS) is 11.8. The minimum atomic E-state index is -0.945. The molecule has 0 radical (unpaired) electrons. The first-order valence-electron chi connectivity index (χ1n) is 5.76. The van der Waals surface area contributed by atoms with Crippen molar-refractivity contribution in [3.63, 3.8) is 0 Å². The third kappa shape index (κ3) is 3.66. The van der Waals surface area contributed by atoms with Gasteiger partial charge in [0.2, 0.25) is 0 Å². The number of rotatable bonds is 5. The van der Waals surface area contributed by atoms with E-state index in [9.17, 15) is 9.59 Å². The molecule has 0 aliphatic rings. The average molecular weight is 275 g/mol. The van der Waals surface area contributed by atoms with E-state index in [2.05, 4.69) is 5.32 Å². The number of hydrogen-bond acceptors (Lipinski definition) is 3. The van der Waals surface area contributed by atoms with Crippen LogP contribution in [0.5, 0.6) is 0 Å². The van der Waals surface area contributed by atoms with Gasteiger partial charge in [0.1, 0.15) is 0 Å². The van der Waals surface area contributed by atoms with E-state index < -0.39 is 12.0 Å². The molecule has 0 saturated heterocycles. The molecule has 0 fully saturated rings. The summed E-state index contributed by atoms with van der Waals surface area (Å²) in [4.78, 5) is 22.9. The topological polar surface area (TPSA) is 66.4 Å². The molecule has 5 heteroatoms. The maximum Gasteiger partial charge on any atom is 0.305 e. The largest absolute Gasteiger partial charge is 0.481 e. The van der Waals surface area contributed by atoms with Crippen molar-refractivity contribution in [1.82, 2.24) is 5.32 Å². The predicted molar refractivity (Wildman–Crippen MR) is 73.2 cm³/mol. The van der Waals surface area contributed by atoms with E-state index in [-0.39, 0.29) is 12.3 Å². The fourth-order valence-corrected chi connectivity index (χ4v) is 2.38. The molecule has 4 nitrogen and oxygen atoms in total. The third-order valence-corrected chi connectivity index (χ3v) is 3.35. The van der Waals surface area contributed by atoms with Gasteiger partial charge in [0, 0.05) is 5.38 Å². The second kappa shape index (κ2) is 6.15. The molecule has 1 aromatic carbocycles. The van der Waals surface area contributed by atoms with Crippen molar-refractivity contribution in [1.29, 1.82) is 0 Å². The maximum absolute atomic E-state index is 12.0. The lowest BCUT2D eigenvalue weighted by Gasteiger charge is -2.17. The molecular formula is C14H13NO3S. The van der Waals surface area contributed by atoms with Crippen LogP contribution in [0, 0.1) is 0 Å². The molecule has 1 amide bonds. The number of aliphatic carboxylic acids is 1. The lowest BCUT2D eigenvalue weighted by Crippen LogP contribution is -2.29. The molecule has 0 aliphatic heterocycles. The number of thiophene rings is 1. The Morgan fingerprint density at radius 2 is 1.95 bits per heavy atom. The van der Waals surface area contributed by atoms with E-state index in [1.54, 1.807) is 11.4 Å². The Hall–Kier alpha value is -2.14. The fraction of sp³-hybridized carbons (Fsp3) is 0.143. The monoisotopic (exact) mass is 275 g/mol. The van der Waals surface area contributed by atoms with E-state index in [0.29, 0.717) is 5.56 Å². The Morgan fingerprint density at radius 3 is 2.53 bits per heavy atom. The van der Waals surface area contributed by atoms with Gasteiger partial charge in [-0.15, -0.1) is 0 Å². The summed E-state index contributed by atoms with van der Waals surface area (Å²) < 4.78 is 0. The minimum Gasteiger partial charge on any atom is -0.481 e. The first kappa shape index (κ1) is 13.3. The summed E-state index contributed by atoms with van der Waals surface area (Å²) in [6, 6.07) is 10.3. The Kier molecular flexibility index (Phi) is 4.30. The number of amides is 1. The van der Waals surface area contributed by atoms with Crippen LogP contribution in [0.1, 0.15) is 28.4 Å². The molecule has 2 N–H and O–H groups in total. The molecule has 0 bridgehead atoms. The van der Waals surface area contributed by atoms with E-state index in [0.717, 1.165) is 5.56 Å². The highest BCUT2D eigenvalue weighted by atomic mass is 32.1. The minimum absolute atomic E-state index is 0.139. The molecule has 1 atom stereocenters. The van der Waals surface area contributed by atoms with Crippen LogP contribution < -0.4 is 5.32 Å². The molecule has 2 rings (SSSR count). The van der Waals surface area contributed by atoms with Crippen LogP contribution in [0.15, 0.2) is 47.2 Å². The van der Waals surface area contributed by atoms with Gasteiger partial charge in [0.15, 0.2) is 0 Å². The van der Waals surface area contributed by atoms with Crippen molar-refractivity contribution >= 4 is 23.2 Å². The van der Waals surface area contributed by atoms with Gasteiger partial charge in [0.05, 0.1) is 18.0 Å². The summed E-state index contributed by atoms with van der Waals surface area (Å²) in [5.41, 5.74) is 1.34. The van der Waals surface area contributed by atoms with Crippen molar-refractivity contribution in [2.24, 2.45) is 0 Å². The van der Waals surface area contributed by atoms with Gasteiger partial charge in [-0.25, -0.2) is 0 Å². The zero-order chi connectivity index (χ0) is 13.7. The van der Waals surface area contributed by atoms with Gasteiger partial charge in [-0.3, -0.25) is 9.59 Å². The van der Waals surface area contributed by atoms with Crippen LogP contribution in [0.25, 0.3) is 0 Å². The molecule has 19 heavy (non-hydrogen) atoms. The van der Waals surface area contributed by atoms with E-state index in [1.807, 2.05) is 35.7 Å². The van der Waals surface area contributed by atoms with Crippen molar-refractivity contribution in [3.05, 3.63) is 58.3 Å². The molecule has 0 unspecified atom stereocenters. The number of nitrogens with one attached hydrogen (secondary N) is 1. The first-order chi connectivity index (χ1) is 9.16. The summed E-state index contributed by atoms with van der Waals surface area (Å²) in [5, 5.41) is 15.2. The van der Waals surface area contributed by atoms with E-state index in [1.165, 1.54) is 11.3 Å². The van der Waals surface area contributed by atoms with Crippen LogP contribution in [0.3, 0.4) is 0 Å². The number of carbonyl (C=O) groups is 2. The number of hydrogen-bond donors (Lipinski definition) is 2. The van der Waals surface area contributed by atoms with Gasteiger partial charge in [-0.2, -0.15) is 11.3 Å². The molecule has 0 aliphatic carbocycles. The Bertz CT molecular complexity index is 551. The number of carboxylic acid groups (broad SMARTS) is 1. The lowest BCUT2D eigenvalue weighted by atomic mass is 10.0. The summed E-state index contributed by atoms with van der Waals surface area (Å²) in [6.45, 7) is 0. The molecular weight excluding hydrogens is 262 g/mol. The second-order valence-corrected chi connectivity index (χ2v) is 4.83. The third-order valence-electron chi connectivity index (χ3n) is 2.67. The van der Waals surface area contributed by atoms with Gasteiger partial charge in [0.25, 0.3) is 5.91 Å². The molecule has 0 saturated carbocycles. The number of carbonyl (C=O) groups excluding carboxylic acids is 1. The second-order valence-electron chi connectivity index (χ2n) is 4.05. The fourth-order valence-electron chi connectivity index (χ4n) is 1.75. The highest BCUT2D eigenvalue weighted by Gasteiger charge is 2.18. The van der Waals surface area contributed by atoms with Crippen LogP contribution in [-0.4, -0.2) is 17.0 Å². The highest BCUT2D eigenvalue weighted by molar-refractivity contribution is 7.08. The lowest BCUT2D eigenvalue weighted by molar-refractivity contribution is -0.137. The van der Waals surface area contributed by atoms with Gasteiger partial charge in [-0.1, -0.05) is 30.3 Å². The van der Waals surface area contributed by atoms with E-state index >= 15 is 0 Å². The van der Waals surface area contributed by atoms with Crippen molar-refractivity contribution in [3.8, 4) is 0 Å². The Morgan fingerprint density at radius 1 is 1.21 bits per heavy atom. The molecule has 1 aromatic heterocycles. The molecule has 98 valence electrons. The van der Waals surface area contributed by atoms with Gasteiger partial charge in [-0.05, 0) is 17.0 Å². The van der Waals surface area contributed by atoms with Crippen molar-refractivity contribution in [2.45, 2.75) is 12.5 Å². The average Bonchev–Trinajstić information content (AvgIpc) is 2.92. The van der Waals surface area contributed by atoms with Gasteiger partial charge < -0.3 is 10.4 Å². The van der Waals surface area contributed by atoms with Crippen LogP contribution >= 0.6 is 11.3 Å². The van der Waals surface area contributed by atoms with Crippen molar-refractivity contribution in [2.75, 3.05) is 0 Å².